The molecule has 2 rings (SSSR count). The average Bonchev–Trinajstić information content (AvgIpc) is 2.49. The minimum Gasteiger partial charge on any atom is -0.329 e. The van der Waals surface area contributed by atoms with Gasteiger partial charge in [0.15, 0.2) is 0 Å². The predicted molar refractivity (Wildman–Crippen MR) is 47.9 cm³/mol. The van der Waals surface area contributed by atoms with Crippen LogP contribution < -0.4 is 5.32 Å². The lowest BCUT2D eigenvalue weighted by molar-refractivity contribution is -0.106. The number of hydrogen-bond donors (Lipinski definition) is 1. The summed E-state index contributed by atoms with van der Waals surface area (Å²) in [6.07, 6.45) is 0. The Balaban J connectivity index is 2.48. The molecule has 0 saturated carbocycles. The van der Waals surface area contributed by atoms with Crippen molar-refractivity contribution in [2.45, 2.75) is 31.8 Å². The number of carbonyl (C=O) groups excluding carboxylic acids is 1. The molecule has 2 saturated heterocycles. The fourth-order valence-electron chi connectivity index (χ4n) is 2.15. The molecule has 2 atom stereocenters. The lowest BCUT2D eigenvalue weighted by atomic mass is 9.74. The molecular formula is C9H13N3O2. The molecule has 76 valence electrons. The third kappa shape index (κ3) is 0.794. The molecule has 2 fully saturated rings. The van der Waals surface area contributed by atoms with Crippen LogP contribution in [-0.2, 0) is 4.84 Å². The molecule has 5 nitrogen and oxygen atoms in total. The highest BCUT2D eigenvalue weighted by atomic mass is 16.7. The molecule has 0 unspecified atom stereocenters. The summed E-state index contributed by atoms with van der Waals surface area (Å²) in [6.45, 7) is 5.99. The van der Waals surface area contributed by atoms with Gasteiger partial charge in [-0.2, -0.15) is 10.3 Å². The molecule has 14 heavy (non-hydrogen) atoms. The van der Waals surface area contributed by atoms with Crippen molar-refractivity contribution < 1.29 is 9.63 Å². The van der Waals surface area contributed by atoms with E-state index in [2.05, 4.69) is 11.4 Å². The summed E-state index contributed by atoms with van der Waals surface area (Å²) in [5.74, 6) is -0.281. The molecule has 1 N–H and O–H groups in total. The quantitative estimate of drug-likeness (QED) is 0.616. The van der Waals surface area contributed by atoms with Gasteiger partial charge < -0.3 is 5.32 Å². The van der Waals surface area contributed by atoms with Crippen molar-refractivity contribution in [1.29, 1.82) is 5.26 Å². The standard InChI is InChI=1S/C9H13N3O2/c1-8(2)9(3)6(4-10)5-14-12(9)7(13)11-8/h6H,5H2,1-3H3,(H,11,13)/t6-,9-/m1/s1. The van der Waals surface area contributed by atoms with Gasteiger partial charge in [0.05, 0.1) is 18.2 Å². The van der Waals surface area contributed by atoms with Crippen molar-refractivity contribution in [1.82, 2.24) is 10.4 Å². The second-order valence-electron chi connectivity index (χ2n) is 4.47. The molecule has 0 bridgehead atoms. The van der Waals surface area contributed by atoms with Crippen LogP contribution in [0, 0.1) is 17.2 Å². The van der Waals surface area contributed by atoms with E-state index in [4.69, 9.17) is 10.1 Å². The Bertz CT molecular complexity index is 333. The zero-order chi connectivity index (χ0) is 10.6. The molecule has 0 aromatic carbocycles. The van der Waals surface area contributed by atoms with Crippen molar-refractivity contribution in [3.8, 4) is 6.07 Å². The Morgan fingerprint density at radius 2 is 2.29 bits per heavy atom. The maximum Gasteiger partial charge on any atom is 0.342 e. The summed E-state index contributed by atoms with van der Waals surface area (Å²) in [7, 11) is 0. The number of nitriles is 1. The zero-order valence-electron chi connectivity index (χ0n) is 8.50. The van der Waals surface area contributed by atoms with Crippen molar-refractivity contribution in [3.63, 3.8) is 0 Å². The molecule has 2 aliphatic heterocycles. The minimum absolute atomic E-state index is 0.254. The zero-order valence-corrected chi connectivity index (χ0v) is 8.50. The maximum absolute atomic E-state index is 11.5. The number of nitrogens with zero attached hydrogens (tertiary/aromatic N) is 2. The van der Waals surface area contributed by atoms with Crippen LogP contribution in [0.2, 0.25) is 0 Å². The second kappa shape index (κ2) is 2.39. The smallest absolute Gasteiger partial charge is 0.329 e. The second-order valence-corrected chi connectivity index (χ2v) is 4.47. The van der Waals surface area contributed by atoms with Gasteiger partial charge in [0.25, 0.3) is 0 Å². The molecule has 2 heterocycles. The van der Waals surface area contributed by atoms with E-state index in [-0.39, 0.29) is 11.9 Å². The molecular weight excluding hydrogens is 182 g/mol. The first-order valence-corrected chi connectivity index (χ1v) is 4.58. The highest BCUT2D eigenvalue weighted by molar-refractivity contribution is 5.79. The highest BCUT2D eigenvalue weighted by Gasteiger charge is 2.64. The van der Waals surface area contributed by atoms with Crippen LogP contribution in [-0.4, -0.2) is 28.8 Å². The number of hydroxylamine groups is 2. The molecule has 5 heteroatoms. The van der Waals surface area contributed by atoms with E-state index in [1.54, 1.807) is 0 Å². The first kappa shape index (κ1) is 9.28. The Morgan fingerprint density at radius 1 is 1.64 bits per heavy atom. The first-order chi connectivity index (χ1) is 6.43. The van der Waals surface area contributed by atoms with Crippen molar-refractivity contribution in [2.24, 2.45) is 5.92 Å². The molecule has 0 aromatic heterocycles. The van der Waals surface area contributed by atoms with Gasteiger partial charge in [-0.05, 0) is 20.8 Å². The summed E-state index contributed by atoms with van der Waals surface area (Å²) in [5.41, 5.74) is -1.01. The van der Waals surface area contributed by atoms with E-state index in [0.29, 0.717) is 6.61 Å². The third-order valence-electron chi connectivity index (χ3n) is 3.50. The molecule has 0 radical (unpaired) electrons. The normalized spacial score (nSPS) is 39.1. The summed E-state index contributed by atoms with van der Waals surface area (Å²) < 4.78 is 0. The number of carbonyl (C=O) groups is 1. The Labute approximate surface area is 82.6 Å². The summed E-state index contributed by atoms with van der Waals surface area (Å²) in [6, 6.07) is 1.94. The highest BCUT2D eigenvalue weighted by Crippen LogP contribution is 2.44. The Kier molecular flexibility index (Phi) is 1.59. The average molecular weight is 195 g/mol. The summed E-state index contributed by atoms with van der Waals surface area (Å²) >= 11 is 0. The fourth-order valence-corrected chi connectivity index (χ4v) is 2.15. The van der Waals surface area contributed by atoms with Crippen LogP contribution in [0.15, 0.2) is 0 Å². The minimum atomic E-state index is -0.571. The number of nitrogens with one attached hydrogen (secondary N) is 1. The van der Waals surface area contributed by atoms with Gasteiger partial charge in [-0.15, -0.1) is 0 Å². The number of fused-ring (bicyclic) bond motifs is 1. The summed E-state index contributed by atoms with van der Waals surface area (Å²) in [5, 5.41) is 13.1. The molecule has 2 aliphatic rings. The SMILES string of the molecule is CC1(C)NC(=O)N2OC[C@@H](C#N)[C@@]21C. The molecule has 2 amide bonds. The molecule has 0 aliphatic carbocycles. The topological polar surface area (TPSA) is 65.4 Å². The van der Waals surface area contributed by atoms with Crippen molar-refractivity contribution in [2.75, 3.05) is 6.61 Å². The van der Waals surface area contributed by atoms with Gasteiger partial charge in [0, 0.05) is 0 Å². The van der Waals surface area contributed by atoms with Gasteiger partial charge in [-0.25, -0.2) is 4.79 Å². The van der Waals surface area contributed by atoms with E-state index in [9.17, 15) is 4.79 Å². The van der Waals surface area contributed by atoms with E-state index < -0.39 is 11.1 Å². The third-order valence-corrected chi connectivity index (χ3v) is 3.50. The first-order valence-electron chi connectivity index (χ1n) is 4.58. The van der Waals surface area contributed by atoms with Crippen LogP contribution in [0.25, 0.3) is 0 Å². The van der Waals surface area contributed by atoms with Crippen LogP contribution >= 0.6 is 0 Å². The maximum atomic E-state index is 11.5. The van der Waals surface area contributed by atoms with E-state index in [0.717, 1.165) is 0 Å². The van der Waals surface area contributed by atoms with E-state index in [1.807, 2.05) is 20.8 Å². The largest absolute Gasteiger partial charge is 0.342 e. The Morgan fingerprint density at radius 3 is 2.86 bits per heavy atom. The molecule has 0 aromatic rings. The van der Waals surface area contributed by atoms with Crippen LogP contribution in [0.1, 0.15) is 20.8 Å². The monoisotopic (exact) mass is 195 g/mol. The van der Waals surface area contributed by atoms with Gasteiger partial charge in [0.1, 0.15) is 11.5 Å². The Hall–Kier alpha value is -1.28. The van der Waals surface area contributed by atoms with Gasteiger partial charge in [0.2, 0.25) is 0 Å². The number of amides is 2. The van der Waals surface area contributed by atoms with Crippen LogP contribution in [0.3, 0.4) is 0 Å². The summed E-state index contributed by atoms with van der Waals surface area (Å²) in [4.78, 5) is 16.7. The predicted octanol–water partition coefficient (Wildman–Crippen LogP) is 0.634. The van der Waals surface area contributed by atoms with E-state index >= 15 is 0 Å². The number of urea groups is 1. The van der Waals surface area contributed by atoms with Gasteiger partial charge in [-0.1, -0.05) is 0 Å². The van der Waals surface area contributed by atoms with E-state index in [1.165, 1.54) is 5.06 Å². The lowest BCUT2D eigenvalue weighted by Gasteiger charge is -2.37. The number of hydrogen-bond acceptors (Lipinski definition) is 3. The lowest BCUT2D eigenvalue weighted by Crippen LogP contribution is -2.56. The fraction of sp³-hybridized carbons (Fsp3) is 0.778. The van der Waals surface area contributed by atoms with Crippen molar-refractivity contribution >= 4 is 6.03 Å². The molecule has 0 spiro atoms. The van der Waals surface area contributed by atoms with Crippen LogP contribution in [0.4, 0.5) is 4.79 Å². The van der Waals surface area contributed by atoms with Gasteiger partial charge >= 0.3 is 6.03 Å². The number of rotatable bonds is 0. The van der Waals surface area contributed by atoms with Crippen molar-refractivity contribution in [3.05, 3.63) is 0 Å². The van der Waals surface area contributed by atoms with Crippen LogP contribution in [0.5, 0.6) is 0 Å². The van der Waals surface area contributed by atoms with Gasteiger partial charge in [-0.3, -0.25) is 4.84 Å².